The summed E-state index contributed by atoms with van der Waals surface area (Å²) in [7, 11) is 0. The van der Waals surface area contributed by atoms with Gasteiger partial charge in [-0.25, -0.2) is 0 Å². The van der Waals surface area contributed by atoms with Crippen LogP contribution in [-0.4, -0.2) is 262 Å². The fourth-order valence-corrected chi connectivity index (χ4v) is 7.37. The van der Waals surface area contributed by atoms with E-state index in [-0.39, 0.29) is 0 Å². The molecule has 0 radical (unpaired) electrons. The normalized spacial score (nSPS) is 51.6. The van der Waals surface area contributed by atoms with Gasteiger partial charge in [-0.1, -0.05) is 0 Å². The number of ether oxygens (including phenoxy) is 9. The van der Waals surface area contributed by atoms with Crippen LogP contribution in [0.2, 0.25) is 0 Å². The van der Waals surface area contributed by atoms with Gasteiger partial charge in [-0.2, -0.15) is 0 Å². The van der Waals surface area contributed by atoms with Crippen LogP contribution in [0.1, 0.15) is 13.8 Å². The minimum atomic E-state index is -2.06. The summed E-state index contributed by atoms with van der Waals surface area (Å²) in [6.45, 7) is -1.17. The Morgan fingerprint density at radius 3 is 1.43 bits per heavy atom. The second-order valence-corrected chi connectivity index (χ2v) is 14.7. The van der Waals surface area contributed by atoms with E-state index in [1.807, 2.05) is 0 Å². The van der Waals surface area contributed by atoms with Gasteiger partial charge >= 0.3 is 0 Å². The van der Waals surface area contributed by atoms with Crippen LogP contribution in [0.5, 0.6) is 0 Å². The van der Waals surface area contributed by atoms with Crippen molar-refractivity contribution in [3.63, 3.8) is 0 Å². The molecule has 16 N–H and O–H groups in total. The van der Waals surface area contributed by atoms with Crippen molar-refractivity contribution >= 4 is 5.91 Å². The van der Waals surface area contributed by atoms with Crippen molar-refractivity contribution in [2.24, 2.45) is 0 Å². The third kappa shape index (κ3) is 9.75. The van der Waals surface area contributed by atoms with Crippen LogP contribution in [0, 0.1) is 0 Å². The highest BCUT2D eigenvalue weighted by Crippen LogP contribution is 2.35. The molecule has 5 aliphatic rings. The Hall–Kier alpha value is -1.49. The molecule has 338 valence electrons. The zero-order valence-corrected chi connectivity index (χ0v) is 31.1. The average molecular weight is 854 g/mol. The topological polar surface area (TPSA) is 416 Å². The Labute approximate surface area is 329 Å². The molecule has 5 heterocycles. The number of aliphatic hydroxyl groups excluding tert-OH is 15. The van der Waals surface area contributed by atoms with Gasteiger partial charge in [-0.15, -0.1) is 0 Å². The zero-order chi connectivity index (χ0) is 42.9. The number of hydrogen-bond acceptors (Lipinski definition) is 25. The van der Waals surface area contributed by atoms with Crippen molar-refractivity contribution in [3.8, 4) is 0 Å². The van der Waals surface area contributed by atoms with Gasteiger partial charge in [0.25, 0.3) is 0 Å². The van der Waals surface area contributed by atoms with Gasteiger partial charge < -0.3 is 125 Å². The maximum absolute atomic E-state index is 12.4. The van der Waals surface area contributed by atoms with Gasteiger partial charge in [0.05, 0.1) is 32.5 Å². The van der Waals surface area contributed by atoms with Crippen molar-refractivity contribution < 1.29 is 124 Å². The monoisotopic (exact) mass is 853 g/mol. The van der Waals surface area contributed by atoms with Crippen LogP contribution in [0.3, 0.4) is 0 Å². The van der Waals surface area contributed by atoms with Crippen molar-refractivity contribution in [2.75, 3.05) is 26.4 Å². The van der Waals surface area contributed by atoms with Crippen molar-refractivity contribution in [1.82, 2.24) is 5.32 Å². The maximum Gasteiger partial charge on any atom is 0.217 e. The number of carbonyl (C=O) groups is 1. The first-order valence-corrected chi connectivity index (χ1v) is 18.5. The third-order valence-electron chi connectivity index (χ3n) is 10.7. The van der Waals surface area contributed by atoms with E-state index in [1.54, 1.807) is 0 Å². The van der Waals surface area contributed by atoms with Gasteiger partial charge in [0.1, 0.15) is 116 Å². The molecule has 0 aliphatic carbocycles. The molecule has 0 unspecified atom stereocenters. The largest absolute Gasteiger partial charge is 0.394 e. The lowest BCUT2D eigenvalue weighted by atomic mass is 9.94. The first-order valence-electron chi connectivity index (χ1n) is 18.5. The summed E-state index contributed by atoms with van der Waals surface area (Å²) in [5.41, 5.74) is 0. The standard InChI is InChI=1S/C32H55NO25/c1-7-14(39)26(58-30-21(46)18(43)15(40)9(3-34)52-30)22(47)31(50-7)55-24-12(6-37)54-29(13(17(24)42)33-8(2)38)57-27-16(41)10(4-35)53-32(23(27)48)56-25-11(5-36)51-28(49)20(45)19(25)44/h7,9-32,34-37,39-49H,3-6H2,1-2H3,(H,33,38)/t7-,9+,10+,11+,12+,13+,14+,15-,16-,17+,18-,19+,20+,21+,22-,23+,24+,25+,26+,27-,28+,29-,30-,31+,32-/m0/s1. The minimum absolute atomic E-state index is 0.786. The number of carbonyl (C=O) groups excluding carboxylic acids is 1. The molecule has 25 atom stereocenters. The van der Waals surface area contributed by atoms with E-state index in [0.29, 0.717) is 0 Å². The fraction of sp³-hybridized carbons (Fsp3) is 0.969. The molecule has 0 saturated carbocycles. The molecule has 1 amide bonds. The summed E-state index contributed by atoms with van der Waals surface area (Å²) in [6.07, 6.45) is -42.5. The highest BCUT2D eigenvalue weighted by atomic mass is 16.8. The smallest absolute Gasteiger partial charge is 0.217 e. The second kappa shape index (κ2) is 20.1. The molecule has 5 aliphatic heterocycles. The number of amides is 1. The number of hydrogen-bond donors (Lipinski definition) is 16. The van der Waals surface area contributed by atoms with E-state index in [9.17, 15) is 81.4 Å². The zero-order valence-electron chi connectivity index (χ0n) is 31.1. The van der Waals surface area contributed by atoms with Gasteiger partial charge in [0, 0.05) is 6.92 Å². The van der Waals surface area contributed by atoms with Gasteiger partial charge in [-0.3, -0.25) is 4.79 Å². The molecule has 26 heteroatoms. The highest BCUT2D eigenvalue weighted by molar-refractivity contribution is 5.73. The molecule has 0 aromatic carbocycles. The van der Waals surface area contributed by atoms with Crippen LogP contribution in [0.15, 0.2) is 0 Å². The molecule has 26 nitrogen and oxygen atoms in total. The highest BCUT2D eigenvalue weighted by Gasteiger charge is 2.56. The third-order valence-corrected chi connectivity index (χ3v) is 10.7. The quantitative estimate of drug-likeness (QED) is 0.0818. The summed E-state index contributed by atoms with van der Waals surface area (Å²) >= 11 is 0. The van der Waals surface area contributed by atoms with E-state index in [4.69, 9.17) is 42.6 Å². The molecular weight excluding hydrogens is 798 g/mol. The predicted octanol–water partition coefficient (Wildman–Crippen LogP) is -10.8. The van der Waals surface area contributed by atoms with Crippen molar-refractivity contribution in [1.29, 1.82) is 0 Å². The van der Waals surface area contributed by atoms with Crippen molar-refractivity contribution in [2.45, 2.75) is 167 Å². The first-order chi connectivity index (χ1) is 27.4. The summed E-state index contributed by atoms with van der Waals surface area (Å²) in [5, 5.41) is 159. The lowest BCUT2D eigenvalue weighted by Crippen LogP contribution is -2.70. The Morgan fingerprint density at radius 2 is 0.879 bits per heavy atom. The molecule has 5 rings (SSSR count). The first kappa shape index (κ1) is 47.6. The van der Waals surface area contributed by atoms with Crippen LogP contribution in [-0.2, 0) is 47.4 Å². The van der Waals surface area contributed by atoms with Crippen LogP contribution in [0.25, 0.3) is 0 Å². The van der Waals surface area contributed by atoms with Crippen LogP contribution in [0.4, 0.5) is 0 Å². The van der Waals surface area contributed by atoms with Gasteiger partial charge in [0.15, 0.2) is 31.5 Å². The van der Waals surface area contributed by atoms with E-state index in [2.05, 4.69) is 5.32 Å². The van der Waals surface area contributed by atoms with E-state index < -0.39 is 186 Å². The van der Waals surface area contributed by atoms with Gasteiger partial charge in [0.2, 0.25) is 5.91 Å². The molecule has 5 fully saturated rings. The van der Waals surface area contributed by atoms with Crippen LogP contribution < -0.4 is 5.32 Å². The maximum atomic E-state index is 12.4. The molecule has 0 bridgehead atoms. The van der Waals surface area contributed by atoms with E-state index in [0.717, 1.165) is 6.92 Å². The summed E-state index contributed by atoms with van der Waals surface area (Å²) in [4.78, 5) is 12.4. The average Bonchev–Trinajstić information content (AvgIpc) is 3.19. The molecular formula is C32H55NO25. The molecule has 0 spiro atoms. The molecule has 0 aromatic rings. The Kier molecular flexibility index (Phi) is 16.5. The number of aliphatic hydroxyl groups is 15. The van der Waals surface area contributed by atoms with Crippen LogP contribution >= 0.6 is 0 Å². The fourth-order valence-electron chi connectivity index (χ4n) is 7.37. The minimum Gasteiger partial charge on any atom is -0.394 e. The molecule has 5 saturated heterocycles. The van der Waals surface area contributed by atoms with E-state index in [1.165, 1.54) is 6.92 Å². The van der Waals surface area contributed by atoms with Gasteiger partial charge in [-0.05, 0) is 6.92 Å². The lowest BCUT2D eigenvalue weighted by molar-refractivity contribution is -0.385. The summed E-state index contributed by atoms with van der Waals surface area (Å²) in [5.74, 6) is -0.786. The Bertz CT molecular complexity index is 1300. The SMILES string of the molecule is CC(=O)N[C@H]1[C@H](O[C@H]2[C@@H](O)[C@@H](CO)O[C@@H](O[C@H]3[C@H](O)[C@@H](O)[C@H](O)O[C@@H]3CO)[C@@H]2O)O[C@H](CO)[C@@H](O[C@H]2O[C@@H](C)[C@@H](O)[C@@H](O[C@@H]3O[C@H](CO)[C@H](O)[C@H](O)[C@H]3O)[C@@H]2O)[C@@H]1O. The predicted molar refractivity (Wildman–Crippen MR) is 177 cm³/mol. The Morgan fingerprint density at radius 1 is 0.448 bits per heavy atom. The van der Waals surface area contributed by atoms with Crippen molar-refractivity contribution in [3.05, 3.63) is 0 Å². The molecule has 0 aromatic heterocycles. The lowest BCUT2D eigenvalue weighted by Gasteiger charge is -2.50. The summed E-state index contributed by atoms with van der Waals surface area (Å²) in [6, 6.07) is -1.67. The number of rotatable bonds is 13. The Balaban J connectivity index is 1.34. The van der Waals surface area contributed by atoms with E-state index >= 15 is 0 Å². The number of nitrogens with one attached hydrogen (secondary N) is 1. The summed E-state index contributed by atoms with van der Waals surface area (Å²) < 4.78 is 50.3. The second-order valence-electron chi connectivity index (χ2n) is 14.7. The molecule has 58 heavy (non-hydrogen) atoms.